The van der Waals surface area contributed by atoms with E-state index in [0.29, 0.717) is 11.7 Å². The molecule has 0 aromatic heterocycles. The van der Waals surface area contributed by atoms with Crippen molar-refractivity contribution >= 4 is 5.78 Å². The molecule has 0 heterocycles. The fourth-order valence-electron chi connectivity index (χ4n) is 0.400. The highest BCUT2D eigenvalue weighted by molar-refractivity contribution is 5.82. The summed E-state index contributed by atoms with van der Waals surface area (Å²) in [4.78, 5) is 10.2. The molecule has 1 saturated carbocycles. The lowest BCUT2D eigenvalue weighted by Gasteiger charge is -1.75. The molecule has 1 atom stereocenters. The van der Waals surface area contributed by atoms with E-state index in [2.05, 4.69) is 0 Å². The molecular weight excluding hydrogens is 76.1 g/mol. The fraction of sp³-hybridized carbons (Fsp3) is 0.600. The normalized spacial score (nSPS) is 20.8. The van der Waals surface area contributed by atoms with E-state index in [4.69, 9.17) is 0 Å². The summed E-state index contributed by atoms with van der Waals surface area (Å²) in [7, 11) is 0. The highest BCUT2D eigenvalue weighted by Gasteiger charge is 2.25. The van der Waals surface area contributed by atoms with Crippen molar-refractivity contribution in [2.75, 3.05) is 0 Å². The quantitative estimate of drug-likeness (QED) is 0.458. The molecule has 6 heavy (non-hydrogen) atoms. The van der Waals surface area contributed by atoms with Gasteiger partial charge in [0, 0.05) is 5.92 Å². The number of Topliss-reactive ketones (excluding diaryl/α,β-unsaturated/α-hetero) is 1. The van der Waals surface area contributed by atoms with Crippen LogP contribution in [0, 0.1) is 12.3 Å². The lowest BCUT2D eigenvalue weighted by Crippen LogP contribution is -1.88. The van der Waals surface area contributed by atoms with Gasteiger partial charge in [-0.1, -0.05) is 0 Å². The van der Waals surface area contributed by atoms with Gasteiger partial charge >= 0.3 is 0 Å². The summed E-state index contributed by atoms with van der Waals surface area (Å²) in [5, 5.41) is 0. The van der Waals surface area contributed by atoms with Gasteiger partial charge in [-0.25, -0.2) is 0 Å². The Labute approximate surface area is 37.4 Å². The zero-order valence-electron chi connectivity index (χ0n) is 3.77. The van der Waals surface area contributed by atoms with Crippen LogP contribution >= 0.6 is 0 Å². The summed E-state index contributed by atoms with van der Waals surface area (Å²) in [5.41, 5.74) is 0. The molecule has 0 amide bonds. The summed E-state index contributed by atoms with van der Waals surface area (Å²) >= 11 is 0. The van der Waals surface area contributed by atoms with Gasteiger partial charge in [0.15, 0.2) is 0 Å². The molecule has 1 unspecified atom stereocenters. The molecular formula is C5H7O. The molecule has 0 aliphatic heterocycles. The molecule has 1 radical (unpaired) electrons. The van der Waals surface area contributed by atoms with Crippen LogP contribution < -0.4 is 0 Å². The van der Waals surface area contributed by atoms with Crippen molar-refractivity contribution in [3.8, 4) is 0 Å². The van der Waals surface area contributed by atoms with Crippen molar-refractivity contribution in [3.05, 3.63) is 6.42 Å². The van der Waals surface area contributed by atoms with Gasteiger partial charge in [-0.2, -0.15) is 0 Å². The Morgan fingerprint density at radius 1 is 2.00 bits per heavy atom. The third-order valence-electron chi connectivity index (χ3n) is 0.994. The Hall–Kier alpha value is -0.330. The van der Waals surface area contributed by atoms with Gasteiger partial charge in [-0.05, 0) is 19.8 Å². The molecule has 0 aromatic rings. The summed E-state index contributed by atoms with van der Waals surface area (Å²) in [6.45, 7) is 1.63. The summed E-state index contributed by atoms with van der Waals surface area (Å²) in [6, 6.07) is 0. The third-order valence-corrected chi connectivity index (χ3v) is 0.994. The highest BCUT2D eigenvalue weighted by atomic mass is 16.1. The first-order valence-electron chi connectivity index (χ1n) is 2.14. The molecule has 0 saturated heterocycles. The lowest BCUT2D eigenvalue weighted by atomic mass is 10.3. The minimum atomic E-state index is 0.315. The van der Waals surface area contributed by atoms with E-state index in [9.17, 15) is 4.79 Å². The van der Waals surface area contributed by atoms with Crippen LogP contribution in [0.1, 0.15) is 13.3 Å². The number of rotatable bonds is 1. The third kappa shape index (κ3) is 0.588. The maximum atomic E-state index is 10.2. The van der Waals surface area contributed by atoms with Gasteiger partial charge in [-0.3, -0.25) is 4.79 Å². The zero-order chi connectivity index (χ0) is 4.57. The van der Waals surface area contributed by atoms with E-state index in [-0.39, 0.29) is 0 Å². The van der Waals surface area contributed by atoms with Crippen LogP contribution in [0.15, 0.2) is 0 Å². The number of carbonyl (C=O) groups is 1. The van der Waals surface area contributed by atoms with Gasteiger partial charge in [0.1, 0.15) is 5.78 Å². The molecule has 1 heteroatoms. The number of hydrogen-bond donors (Lipinski definition) is 0. The fourth-order valence-corrected chi connectivity index (χ4v) is 0.400. The predicted octanol–water partition coefficient (Wildman–Crippen LogP) is 0.800. The smallest absolute Gasteiger partial charge is 0.133 e. The first-order chi connectivity index (χ1) is 2.80. The molecule has 1 fully saturated rings. The average Bonchev–Trinajstić information content (AvgIpc) is 2.06. The van der Waals surface area contributed by atoms with Gasteiger partial charge < -0.3 is 0 Å². The second kappa shape index (κ2) is 1.07. The largest absolute Gasteiger partial charge is 0.300 e. The zero-order valence-corrected chi connectivity index (χ0v) is 3.77. The maximum absolute atomic E-state index is 10.2. The monoisotopic (exact) mass is 83.0 g/mol. The van der Waals surface area contributed by atoms with Crippen molar-refractivity contribution in [2.45, 2.75) is 13.3 Å². The van der Waals surface area contributed by atoms with Crippen LogP contribution in [0.3, 0.4) is 0 Å². The van der Waals surface area contributed by atoms with E-state index in [0.717, 1.165) is 6.42 Å². The molecule has 0 bridgehead atoms. The van der Waals surface area contributed by atoms with Crippen LogP contribution in [0.25, 0.3) is 0 Å². The van der Waals surface area contributed by atoms with E-state index in [1.54, 1.807) is 6.92 Å². The minimum absolute atomic E-state index is 0.315. The van der Waals surface area contributed by atoms with Crippen LogP contribution in [-0.4, -0.2) is 5.78 Å². The van der Waals surface area contributed by atoms with Gasteiger partial charge in [-0.15, -0.1) is 0 Å². The summed E-state index contributed by atoms with van der Waals surface area (Å²) in [5.74, 6) is 0.653. The SMILES string of the molecule is CC(=O)C1[CH]C1. The molecule has 0 spiro atoms. The Balaban J connectivity index is 2.31. The Morgan fingerprint density at radius 3 is 2.50 bits per heavy atom. The first-order valence-corrected chi connectivity index (χ1v) is 2.14. The highest BCUT2D eigenvalue weighted by Crippen LogP contribution is 2.27. The number of hydrogen-bond acceptors (Lipinski definition) is 1. The lowest BCUT2D eigenvalue weighted by molar-refractivity contribution is -0.117. The van der Waals surface area contributed by atoms with Gasteiger partial charge in [0.25, 0.3) is 0 Å². The second-order valence-corrected chi connectivity index (χ2v) is 1.69. The number of ketones is 1. The van der Waals surface area contributed by atoms with Crippen molar-refractivity contribution in [3.63, 3.8) is 0 Å². The Kier molecular flexibility index (Phi) is 0.685. The Bertz CT molecular complexity index is 72.0. The van der Waals surface area contributed by atoms with Gasteiger partial charge in [0.2, 0.25) is 0 Å². The maximum Gasteiger partial charge on any atom is 0.133 e. The van der Waals surface area contributed by atoms with Crippen molar-refractivity contribution < 1.29 is 4.79 Å². The predicted molar refractivity (Wildman–Crippen MR) is 23.1 cm³/mol. The first kappa shape index (κ1) is 3.85. The van der Waals surface area contributed by atoms with Crippen LogP contribution in [-0.2, 0) is 4.79 Å². The Morgan fingerprint density at radius 2 is 2.50 bits per heavy atom. The van der Waals surface area contributed by atoms with Gasteiger partial charge in [0.05, 0.1) is 0 Å². The van der Waals surface area contributed by atoms with Crippen molar-refractivity contribution in [1.29, 1.82) is 0 Å². The molecule has 1 nitrogen and oxygen atoms in total. The average molecular weight is 83.1 g/mol. The van der Waals surface area contributed by atoms with E-state index in [1.807, 2.05) is 6.42 Å². The summed E-state index contributed by atoms with van der Waals surface area (Å²) < 4.78 is 0. The van der Waals surface area contributed by atoms with Crippen molar-refractivity contribution in [2.24, 2.45) is 5.92 Å². The molecule has 1 rings (SSSR count). The molecule has 1 aliphatic rings. The summed E-state index contributed by atoms with van der Waals surface area (Å²) in [6.07, 6.45) is 3.04. The second-order valence-electron chi connectivity index (χ2n) is 1.69. The minimum Gasteiger partial charge on any atom is -0.300 e. The molecule has 0 aromatic carbocycles. The van der Waals surface area contributed by atoms with Crippen LogP contribution in [0.4, 0.5) is 0 Å². The molecule has 1 aliphatic carbocycles. The van der Waals surface area contributed by atoms with E-state index < -0.39 is 0 Å². The van der Waals surface area contributed by atoms with Crippen LogP contribution in [0.5, 0.6) is 0 Å². The van der Waals surface area contributed by atoms with E-state index in [1.165, 1.54) is 0 Å². The van der Waals surface area contributed by atoms with Crippen molar-refractivity contribution in [1.82, 2.24) is 0 Å². The molecule has 33 valence electrons. The topological polar surface area (TPSA) is 17.1 Å². The number of carbonyl (C=O) groups excluding carboxylic acids is 1. The molecule has 0 N–H and O–H groups in total. The standard InChI is InChI=1S/C5H7O/c1-4(6)5-2-3-5/h2,5H,3H2,1H3. The van der Waals surface area contributed by atoms with Crippen LogP contribution in [0.2, 0.25) is 0 Å². The van der Waals surface area contributed by atoms with E-state index >= 15 is 0 Å².